The first-order chi connectivity index (χ1) is 8.01. The normalized spacial score (nSPS) is 12.0. The average Bonchev–Trinajstić information content (AvgIpc) is 2.89. The first kappa shape index (κ1) is 12.2. The zero-order valence-corrected chi connectivity index (χ0v) is 11.3. The van der Waals surface area contributed by atoms with Crippen LogP contribution < -0.4 is 0 Å². The third kappa shape index (κ3) is 2.70. The van der Waals surface area contributed by atoms with Crippen LogP contribution in [0, 0.1) is 6.92 Å². The molecule has 0 saturated carbocycles. The SMILES string of the molecule is COC(C)(C)c1cn(Cc2csc(C)n2)nn1. The molecule has 2 aromatic heterocycles. The average molecular weight is 252 g/mol. The van der Waals surface area contributed by atoms with E-state index in [4.69, 9.17) is 4.74 Å². The van der Waals surface area contributed by atoms with Gasteiger partial charge in [-0.1, -0.05) is 5.21 Å². The maximum Gasteiger partial charge on any atom is 0.114 e. The molecule has 0 atom stereocenters. The molecule has 2 rings (SSSR count). The van der Waals surface area contributed by atoms with E-state index in [1.807, 2.05) is 32.3 Å². The van der Waals surface area contributed by atoms with Gasteiger partial charge in [0.25, 0.3) is 0 Å². The first-order valence-corrected chi connectivity index (χ1v) is 6.26. The summed E-state index contributed by atoms with van der Waals surface area (Å²) in [5.74, 6) is 0. The summed E-state index contributed by atoms with van der Waals surface area (Å²) in [7, 11) is 1.67. The minimum atomic E-state index is -0.407. The van der Waals surface area contributed by atoms with Gasteiger partial charge in [-0.2, -0.15) is 0 Å². The fourth-order valence-corrected chi connectivity index (χ4v) is 2.01. The van der Waals surface area contributed by atoms with Crippen LogP contribution in [0.25, 0.3) is 0 Å². The highest BCUT2D eigenvalue weighted by molar-refractivity contribution is 7.09. The molecule has 5 nitrogen and oxygen atoms in total. The maximum atomic E-state index is 5.36. The van der Waals surface area contributed by atoms with Gasteiger partial charge in [-0.15, -0.1) is 16.4 Å². The van der Waals surface area contributed by atoms with Crippen LogP contribution in [0.15, 0.2) is 11.6 Å². The monoisotopic (exact) mass is 252 g/mol. The number of hydrogen-bond donors (Lipinski definition) is 0. The lowest BCUT2D eigenvalue weighted by Crippen LogP contribution is -2.19. The lowest BCUT2D eigenvalue weighted by Gasteiger charge is -2.18. The van der Waals surface area contributed by atoms with Gasteiger partial charge < -0.3 is 4.74 Å². The molecule has 2 aromatic rings. The molecule has 0 N–H and O–H groups in total. The second-order valence-electron chi connectivity index (χ2n) is 4.37. The van der Waals surface area contributed by atoms with Crippen molar-refractivity contribution in [2.24, 2.45) is 0 Å². The molecule has 0 saturated heterocycles. The van der Waals surface area contributed by atoms with E-state index in [1.54, 1.807) is 23.1 Å². The summed E-state index contributed by atoms with van der Waals surface area (Å²) in [5, 5.41) is 11.3. The molecule has 0 spiro atoms. The first-order valence-electron chi connectivity index (χ1n) is 5.38. The Morgan fingerprint density at radius 1 is 1.47 bits per heavy atom. The third-order valence-electron chi connectivity index (χ3n) is 2.66. The summed E-state index contributed by atoms with van der Waals surface area (Å²) in [6, 6.07) is 0. The van der Waals surface area contributed by atoms with Crippen molar-refractivity contribution in [1.29, 1.82) is 0 Å². The van der Waals surface area contributed by atoms with Gasteiger partial charge >= 0.3 is 0 Å². The number of nitrogens with zero attached hydrogens (tertiary/aromatic N) is 4. The van der Waals surface area contributed by atoms with Crippen molar-refractivity contribution in [2.75, 3.05) is 7.11 Å². The molecule has 0 fully saturated rings. The second kappa shape index (κ2) is 4.54. The zero-order valence-electron chi connectivity index (χ0n) is 10.5. The van der Waals surface area contributed by atoms with Gasteiger partial charge in [0.1, 0.15) is 11.3 Å². The van der Waals surface area contributed by atoms with Gasteiger partial charge in [-0.3, -0.25) is 0 Å². The Kier molecular flexibility index (Phi) is 3.26. The highest BCUT2D eigenvalue weighted by atomic mass is 32.1. The number of thiazole rings is 1. The lowest BCUT2D eigenvalue weighted by atomic mass is 10.1. The Morgan fingerprint density at radius 3 is 2.82 bits per heavy atom. The minimum Gasteiger partial charge on any atom is -0.372 e. The number of rotatable bonds is 4. The van der Waals surface area contributed by atoms with E-state index in [0.29, 0.717) is 6.54 Å². The maximum absolute atomic E-state index is 5.36. The Balaban J connectivity index is 2.14. The molecule has 6 heteroatoms. The van der Waals surface area contributed by atoms with Gasteiger partial charge in [0.05, 0.1) is 23.4 Å². The van der Waals surface area contributed by atoms with Crippen LogP contribution in [0.5, 0.6) is 0 Å². The van der Waals surface area contributed by atoms with Crippen LogP contribution in [-0.4, -0.2) is 27.1 Å². The van der Waals surface area contributed by atoms with Crippen molar-refractivity contribution in [3.05, 3.63) is 28.0 Å². The molecule has 17 heavy (non-hydrogen) atoms. The fraction of sp³-hybridized carbons (Fsp3) is 0.545. The Morgan fingerprint density at radius 2 is 2.24 bits per heavy atom. The standard InChI is InChI=1S/C11H16N4OS/c1-8-12-9(7-17-8)5-15-6-10(13-14-15)11(2,3)16-4/h6-7H,5H2,1-4H3. The Hall–Kier alpha value is -1.27. The predicted molar refractivity (Wildman–Crippen MR) is 66.0 cm³/mol. The van der Waals surface area contributed by atoms with Crippen LogP contribution in [-0.2, 0) is 16.9 Å². The molecule has 0 aliphatic carbocycles. The van der Waals surface area contributed by atoms with Crippen molar-refractivity contribution in [3.63, 3.8) is 0 Å². The van der Waals surface area contributed by atoms with Gasteiger partial charge in [-0.25, -0.2) is 9.67 Å². The van der Waals surface area contributed by atoms with Crippen molar-refractivity contribution in [1.82, 2.24) is 20.0 Å². The number of ether oxygens (including phenoxy) is 1. The van der Waals surface area contributed by atoms with Crippen LogP contribution in [0.3, 0.4) is 0 Å². The fourth-order valence-electron chi connectivity index (χ4n) is 1.40. The van der Waals surface area contributed by atoms with Crippen LogP contribution >= 0.6 is 11.3 Å². The second-order valence-corrected chi connectivity index (χ2v) is 5.44. The minimum absolute atomic E-state index is 0.407. The number of aryl methyl sites for hydroxylation is 1. The highest BCUT2D eigenvalue weighted by Gasteiger charge is 2.23. The summed E-state index contributed by atoms with van der Waals surface area (Å²) < 4.78 is 7.14. The van der Waals surface area contributed by atoms with Crippen LogP contribution in [0.4, 0.5) is 0 Å². The number of hydrogen-bond acceptors (Lipinski definition) is 5. The van der Waals surface area contributed by atoms with E-state index in [-0.39, 0.29) is 0 Å². The number of methoxy groups -OCH3 is 1. The van der Waals surface area contributed by atoms with E-state index >= 15 is 0 Å². The quantitative estimate of drug-likeness (QED) is 0.835. The molecular formula is C11H16N4OS. The smallest absolute Gasteiger partial charge is 0.114 e. The van der Waals surface area contributed by atoms with Crippen LogP contribution in [0.1, 0.15) is 30.2 Å². The largest absolute Gasteiger partial charge is 0.372 e. The van der Waals surface area contributed by atoms with E-state index < -0.39 is 5.60 Å². The molecular weight excluding hydrogens is 236 g/mol. The molecule has 0 amide bonds. The van der Waals surface area contributed by atoms with Crippen molar-refractivity contribution in [3.8, 4) is 0 Å². The molecule has 0 unspecified atom stereocenters. The number of aromatic nitrogens is 4. The van der Waals surface area contributed by atoms with E-state index in [0.717, 1.165) is 16.4 Å². The lowest BCUT2D eigenvalue weighted by molar-refractivity contribution is 0.0154. The molecule has 0 bridgehead atoms. The van der Waals surface area contributed by atoms with E-state index in [9.17, 15) is 0 Å². The third-order valence-corrected chi connectivity index (χ3v) is 3.48. The summed E-state index contributed by atoms with van der Waals surface area (Å²) in [6.07, 6.45) is 1.90. The molecule has 0 aliphatic heterocycles. The summed E-state index contributed by atoms with van der Waals surface area (Å²) in [5.41, 5.74) is 1.43. The highest BCUT2D eigenvalue weighted by Crippen LogP contribution is 2.21. The predicted octanol–water partition coefficient (Wildman–Crippen LogP) is 1.97. The van der Waals surface area contributed by atoms with Gasteiger partial charge in [0.2, 0.25) is 0 Å². The van der Waals surface area contributed by atoms with Gasteiger partial charge in [-0.05, 0) is 20.8 Å². The van der Waals surface area contributed by atoms with Gasteiger partial charge in [0.15, 0.2) is 0 Å². The zero-order chi connectivity index (χ0) is 12.5. The van der Waals surface area contributed by atoms with E-state index in [1.165, 1.54) is 0 Å². The topological polar surface area (TPSA) is 52.8 Å². The summed E-state index contributed by atoms with van der Waals surface area (Å²) >= 11 is 1.64. The van der Waals surface area contributed by atoms with E-state index in [2.05, 4.69) is 15.3 Å². The molecule has 0 radical (unpaired) electrons. The van der Waals surface area contributed by atoms with Crippen LogP contribution in [0.2, 0.25) is 0 Å². The Labute approximate surface area is 104 Å². The molecule has 2 heterocycles. The summed E-state index contributed by atoms with van der Waals surface area (Å²) in [6.45, 7) is 6.58. The van der Waals surface area contributed by atoms with Crippen molar-refractivity contribution in [2.45, 2.75) is 32.9 Å². The van der Waals surface area contributed by atoms with Crippen molar-refractivity contribution >= 4 is 11.3 Å². The molecule has 0 aromatic carbocycles. The molecule has 92 valence electrons. The van der Waals surface area contributed by atoms with Crippen molar-refractivity contribution < 1.29 is 4.74 Å². The van der Waals surface area contributed by atoms with Gasteiger partial charge in [0, 0.05) is 12.5 Å². The summed E-state index contributed by atoms with van der Waals surface area (Å²) in [4.78, 5) is 4.40. The molecule has 0 aliphatic rings. The Bertz CT molecular complexity index is 503.